The Balaban J connectivity index is 4.13. The van der Waals surface area contributed by atoms with E-state index in [-0.39, 0.29) is 19.1 Å². The zero-order valence-electron chi connectivity index (χ0n) is 37.6. The number of allylic oxidation sites excluding steroid dienone is 4. The van der Waals surface area contributed by atoms with Gasteiger partial charge < -0.3 is 19.8 Å². The molecule has 0 heterocycles. The van der Waals surface area contributed by atoms with Crippen LogP contribution in [0.25, 0.3) is 0 Å². The number of nitrogens with zero attached hydrogens (tertiary/aromatic N) is 1. The fraction of sp³-hybridized carbons (Fsp3) is 0.894. The molecule has 0 saturated carbocycles. The molecule has 0 aromatic heterocycles. The number of nitrogens with one attached hydrogen (secondary N) is 1. The topological polar surface area (TPSA) is 105 Å². The Morgan fingerprint density at radius 3 is 1.46 bits per heavy atom. The summed E-state index contributed by atoms with van der Waals surface area (Å²) in [4.78, 5) is 23.1. The van der Waals surface area contributed by atoms with E-state index < -0.39 is 20.0 Å². The third kappa shape index (κ3) is 41.2. The van der Waals surface area contributed by atoms with E-state index in [2.05, 4.69) is 43.5 Å². The molecule has 3 N–H and O–H groups in total. The molecule has 0 rings (SSSR count). The molecule has 0 radical (unpaired) electrons. The minimum absolute atomic E-state index is 0.0741. The number of carbonyl (C=O) groups excluding carboxylic acids is 1. The maximum absolute atomic E-state index is 12.9. The van der Waals surface area contributed by atoms with Gasteiger partial charge >= 0.3 is 7.82 Å². The van der Waals surface area contributed by atoms with E-state index in [4.69, 9.17) is 9.05 Å². The summed E-state index contributed by atoms with van der Waals surface area (Å²) >= 11 is 0. The highest BCUT2D eigenvalue weighted by molar-refractivity contribution is 7.47. The molecule has 0 saturated heterocycles. The molecule has 56 heavy (non-hydrogen) atoms. The van der Waals surface area contributed by atoms with Gasteiger partial charge in [0.15, 0.2) is 0 Å². The van der Waals surface area contributed by atoms with Gasteiger partial charge in [0.2, 0.25) is 5.91 Å². The van der Waals surface area contributed by atoms with Crippen LogP contribution in [0.1, 0.15) is 219 Å². The first-order chi connectivity index (χ1) is 27.0. The Morgan fingerprint density at radius 1 is 0.607 bits per heavy atom. The molecule has 9 heteroatoms. The first-order valence-corrected chi connectivity index (χ1v) is 25.2. The van der Waals surface area contributed by atoms with Gasteiger partial charge in [0.05, 0.1) is 39.9 Å². The van der Waals surface area contributed by atoms with Crippen LogP contribution in [0.5, 0.6) is 0 Å². The second kappa shape index (κ2) is 39.4. The molecule has 8 nitrogen and oxygen atoms in total. The van der Waals surface area contributed by atoms with Gasteiger partial charge in [0, 0.05) is 6.42 Å². The highest BCUT2D eigenvalue weighted by Gasteiger charge is 2.28. The van der Waals surface area contributed by atoms with Crippen molar-refractivity contribution in [3.8, 4) is 0 Å². The van der Waals surface area contributed by atoms with E-state index in [9.17, 15) is 19.4 Å². The molecule has 3 unspecified atom stereocenters. The molecular weight excluding hydrogens is 719 g/mol. The summed E-state index contributed by atoms with van der Waals surface area (Å²) in [5, 5.41) is 13.9. The van der Waals surface area contributed by atoms with Crippen molar-refractivity contribution in [2.45, 2.75) is 231 Å². The van der Waals surface area contributed by atoms with Gasteiger partial charge in [-0.2, -0.15) is 0 Å². The highest BCUT2D eigenvalue weighted by atomic mass is 31.2. The summed E-state index contributed by atoms with van der Waals surface area (Å²) in [5.74, 6) is -0.150. The molecule has 332 valence electrons. The largest absolute Gasteiger partial charge is 0.472 e. The van der Waals surface area contributed by atoms with Gasteiger partial charge in [-0.05, 0) is 44.9 Å². The van der Waals surface area contributed by atoms with Crippen molar-refractivity contribution in [1.82, 2.24) is 5.32 Å². The average molecular weight is 814 g/mol. The molecule has 0 aliphatic rings. The summed E-state index contributed by atoms with van der Waals surface area (Å²) < 4.78 is 23.6. The van der Waals surface area contributed by atoms with Crippen LogP contribution in [0.15, 0.2) is 24.3 Å². The second-order valence-electron chi connectivity index (χ2n) is 17.5. The second-order valence-corrected chi connectivity index (χ2v) is 18.9. The molecule has 0 aromatic rings. The third-order valence-corrected chi connectivity index (χ3v) is 11.7. The quantitative estimate of drug-likeness (QED) is 0.0245. The Hall–Kier alpha value is -1.02. The summed E-state index contributed by atoms with van der Waals surface area (Å²) in [6, 6.07) is -0.759. The van der Waals surface area contributed by atoms with Crippen LogP contribution in [0.2, 0.25) is 0 Å². The Kier molecular flexibility index (Phi) is 38.7. The normalized spacial score (nSPS) is 14.5. The molecule has 0 aromatic carbocycles. The van der Waals surface area contributed by atoms with Crippen LogP contribution in [-0.2, 0) is 18.4 Å². The minimum atomic E-state index is -4.31. The van der Waals surface area contributed by atoms with E-state index in [0.717, 1.165) is 44.9 Å². The lowest BCUT2D eigenvalue weighted by molar-refractivity contribution is -0.870. The lowest BCUT2D eigenvalue weighted by atomic mass is 10.0. The van der Waals surface area contributed by atoms with Crippen LogP contribution >= 0.6 is 7.82 Å². The molecule has 0 spiro atoms. The van der Waals surface area contributed by atoms with Crippen LogP contribution < -0.4 is 5.32 Å². The number of phosphoric acid groups is 1. The predicted octanol–water partition coefficient (Wildman–Crippen LogP) is 13.3. The molecular formula is C47H94N2O6P+. The minimum Gasteiger partial charge on any atom is -0.391 e. The third-order valence-electron chi connectivity index (χ3n) is 10.7. The van der Waals surface area contributed by atoms with Gasteiger partial charge in [0.1, 0.15) is 13.2 Å². The predicted molar refractivity (Wildman–Crippen MR) is 240 cm³/mol. The maximum Gasteiger partial charge on any atom is 0.472 e. The van der Waals surface area contributed by atoms with E-state index in [1.807, 2.05) is 21.1 Å². The lowest BCUT2D eigenvalue weighted by Crippen LogP contribution is -2.46. The standard InChI is InChI=1S/C47H93N2O6P/c1-6-8-10-12-14-16-17-18-19-20-21-22-23-24-25-26-27-28-29-30-31-33-35-37-39-41-47(51)48-45(44-55-56(52,53)54-43-42-49(3,4)5)46(50)40-38-36-34-32-15-13-11-9-7-2/h21-22,24-25,45-46,50H,6-20,23,26-44H2,1-5H3,(H-,48,51,52,53)/p+1/b22-21-,25-24-. The Bertz CT molecular complexity index is 969. The number of rotatable bonds is 43. The van der Waals surface area contributed by atoms with Crippen LogP contribution in [0.4, 0.5) is 0 Å². The van der Waals surface area contributed by atoms with Crippen molar-refractivity contribution in [3.05, 3.63) is 24.3 Å². The number of carbonyl (C=O) groups is 1. The van der Waals surface area contributed by atoms with Crippen LogP contribution in [-0.4, -0.2) is 73.4 Å². The first kappa shape index (κ1) is 55.0. The Labute approximate surface area is 347 Å². The summed E-state index contributed by atoms with van der Waals surface area (Å²) in [6.07, 6.45) is 46.5. The van der Waals surface area contributed by atoms with Crippen molar-refractivity contribution in [1.29, 1.82) is 0 Å². The SMILES string of the molecule is CCCCCCCCCCC/C=C\C/C=C\CCCCCCCCCCCC(=O)NC(COP(=O)(O)OCC[N+](C)(C)C)C(O)CCCCCCCCCCC. The van der Waals surface area contributed by atoms with Crippen LogP contribution in [0, 0.1) is 0 Å². The van der Waals surface area contributed by atoms with Crippen molar-refractivity contribution in [3.63, 3.8) is 0 Å². The van der Waals surface area contributed by atoms with E-state index in [0.29, 0.717) is 23.9 Å². The van der Waals surface area contributed by atoms with E-state index in [1.54, 1.807) is 0 Å². The number of phosphoric ester groups is 1. The summed E-state index contributed by atoms with van der Waals surface area (Å²) in [6.45, 7) is 4.86. The zero-order valence-corrected chi connectivity index (χ0v) is 38.5. The highest BCUT2D eigenvalue weighted by Crippen LogP contribution is 2.43. The van der Waals surface area contributed by atoms with Crippen molar-refractivity contribution in [2.24, 2.45) is 0 Å². The molecule has 3 atom stereocenters. The monoisotopic (exact) mass is 814 g/mol. The molecule has 1 amide bonds. The molecule has 0 aliphatic carbocycles. The van der Waals surface area contributed by atoms with Crippen LogP contribution in [0.3, 0.4) is 0 Å². The Morgan fingerprint density at radius 2 is 1.02 bits per heavy atom. The molecule has 0 aliphatic heterocycles. The maximum atomic E-state index is 12.9. The van der Waals surface area contributed by atoms with Gasteiger partial charge in [-0.1, -0.05) is 192 Å². The lowest BCUT2D eigenvalue weighted by Gasteiger charge is -2.26. The fourth-order valence-electron chi connectivity index (χ4n) is 6.90. The number of unbranched alkanes of at least 4 members (excludes halogenated alkanes) is 26. The molecule has 0 fully saturated rings. The van der Waals surface area contributed by atoms with Crippen molar-refractivity contribution in [2.75, 3.05) is 40.9 Å². The number of aliphatic hydroxyl groups excluding tert-OH is 1. The van der Waals surface area contributed by atoms with E-state index >= 15 is 0 Å². The number of hydrogen-bond acceptors (Lipinski definition) is 5. The van der Waals surface area contributed by atoms with Gasteiger partial charge in [0.25, 0.3) is 0 Å². The number of quaternary nitrogens is 1. The fourth-order valence-corrected chi connectivity index (χ4v) is 7.64. The first-order valence-electron chi connectivity index (χ1n) is 23.7. The zero-order chi connectivity index (χ0) is 41.4. The number of aliphatic hydroxyl groups is 1. The molecule has 0 bridgehead atoms. The summed E-state index contributed by atoms with van der Waals surface area (Å²) in [5.41, 5.74) is 0. The number of hydrogen-bond donors (Lipinski definition) is 3. The van der Waals surface area contributed by atoms with Gasteiger partial charge in [-0.25, -0.2) is 4.57 Å². The number of likely N-dealkylation sites (N-methyl/N-ethyl adjacent to an activating group) is 1. The van der Waals surface area contributed by atoms with Crippen molar-refractivity contribution >= 4 is 13.7 Å². The number of amides is 1. The van der Waals surface area contributed by atoms with Gasteiger partial charge in [-0.15, -0.1) is 0 Å². The smallest absolute Gasteiger partial charge is 0.391 e. The average Bonchev–Trinajstić information content (AvgIpc) is 3.15. The van der Waals surface area contributed by atoms with Crippen molar-refractivity contribution < 1.29 is 32.9 Å². The summed E-state index contributed by atoms with van der Waals surface area (Å²) in [7, 11) is 1.61. The van der Waals surface area contributed by atoms with Gasteiger partial charge in [-0.3, -0.25) is 13.8 Å². The van der Waals surface area contributed by atoms with E-state index in [1.165, 1.54) is 148 Å².